The van der Waals surface area contributed by atoms with Gasteiger partial charge in [-0.2, -0.15) is 5.10 Å². The van der Waals surface area contributed by atoms with Gasteiger partial charge >= 0.3 is 0 Å². The molecule has 0 atom stereocenters. The molecular weight excluding hydrogens is 483 g/mol. The quantitative estimate of drug-likeness (QED) is 0.327. The molecule has 4 heterocycles. The van der Waals surface area contributed by atoms with E-state index < -0.39 is 0 Å². The summed E-state index contributed by atoms with van der Waals surface area (Å²) in [5, 5.41) is 15.9. The van der Waals surface area contributed by atoms with Crippen LogP contribution in [0.4, 0.5) is 0 Å². The van der Waals surface area contributed by atoms with Crippen molar-refractivity contribution in [2.75, 3.05) is 0 Å². The molecule has 0 aliphatic rings. The molecule has 0 saturated carbocycles. The molecule has 174 valence electrons. The predicted octanol–water partition coefficient (Wildman–Crippen LogP) is 5.70. The molecule has 0 saturated heterocycles. The van der Waals surface area contributed by atoms with Crippen LogP contribution in [0.25, 0.3) is 38.7 Å². The minimum atomic E-state index is -0.198. The van der Waals surface area contributed by atoms with Crippen LogP contribution in [0.2, 0.25) is 10.0 Å². The van der Waals surface area contributed by atoms with E-state index in [-0.39, 0.29) is 11.1 Å². The molecule has 7 nitrogen and oxygen atoms in total. The van der Waals surface area contributed by atoms with Crippen molar-refractivity contribution >= 4 is 50.8 Å². The van der Waals surface area contributed by atoms with Gasteiger partial charge in [-0.15, -0.1) is 10.2 Å². The SMILES string of the molecule is CCc1nn2c(nnc3c(=O)n(CCc4c[nH]c5ccc(Cl)cc45)ccc32)c1-c1ccc(Cl)cc1. The maximum absolute atomic E-state index is 13.3. The highest BCUT2D eigenvalue weighted by molar-refractivity contribution is 6.31. The summed E-state index contributed by atoms with van der Waals surface area (Å²) in [7, 11) is 0. The van der Waals surface area contributed by atoms with Crippen LogP contribution in [0.15, 0.2) is 65.7 Å². The summed E-state index contributed by atoms with van der Waals surface area (Å²) in [6.45, 7) is 2.55. The van der Waals surface area contributed by atoms with Crippen LogP contribution in [0.1, 0.15) is 18.2 Å². The van der Waals surface area contributed by atoms with Gasteiger partial charge in [0, 0.05) is 39.9 Å². The van der Waals surface area contributed by atoms with Crippen molar-refractivity contribution in [3.8, 4) is 11.1 Å². The normalized spacial score (nSPS) is 11.7. The zero-order valence-electron chi connectivity index (χ0n) is 18.8. The molecule has 1 N–H and O–H groups in total. The van der Waals surface area contributed by atoms with E-state index in [0.717, 1.165) is 33.3 Å². The number of nitrogens with zero attached hydrogens (tertiary/aromatic N) is 5. The Bertz CT molecular complexity index is 1780. The van der Waals surface area contributed by atoms with Crippen molar-refractivity contribution in [2.24, 2.45) is 0 Å². The maximum atomic E-state index is 13.3. The van der Waals surface area contributed by atoms with Gasteiger partial charge in [-0.3, -0.25) is 4.79 Å². The topological polar surface area (TPSA) is 80.9 Å². The Hall–Kier alpha value is -3.68. The standard InChI is InChI=1S/C26H20Cl2N6O/c1-2-20-23(15-3-5-17(27)6-4-15)25-31-30-24-22(34(25)32-20)10-12-33(26(24)35)11-9-16-14-29-21-8-7-18(28)13-19(16)21/h3-8,10,12-14,29H,2,9,11H2,1H3. The van der Waals surface area contributed by atoms with Crippen LogP contribution in [0.3, 0.4) is 0 Å². The van der Waals surface area contributed by atoms with Gasteiger partial charge < -0.3 is 9.55 Å². The first kappa shape index (κ1) is 21.8. The highest BCUT2D eigenvalue weighted by Crippen LogP contribution is 2.30. The predicted molar refractivity (Wildman–Crippen MR) is 139 cm³/mol. The minimum Gasteiger partial charge on any atom is -0.361 e. The number of rotatable bonds is 5. The Morgan fingerprint density at radius 3 is 2.60 bits per heavy atom. The Balaban J connectivity index is 1.41. The van der Waals surface area contributed by atoms with Crippen LogP contribution in [0, 0.1) is 0 Å². The van der Waals surface area contributed by atoms with E-state index in [2.05, 4.69) is 15.2 Å². The number of nitrogens with one attached hydrogen (secondary N) is 1. The molecule has 4 aromatic heterocycles. The molecule has 0 amide bonds. The third-order valence-corrected chi connectivity index (χ3v) is 6.83. The molecule has 2 aromatic carbocycles. The summed E-state index contributed by atoms with van der Waals surface area (Å²) in [6, 6.07) is 15.2. The summed E-state index contributed by atoms with van der Waals surface area (Å²) in [6.07, 6.45) is 5.14. The fourth-order valence-electron chi connectivity index (χ4n) is 4.56. The average Bonchev–Trinajstić information content (AvgIpc) is 3.45. The zero-order chi connectivity index (χ0) is 24.1. The van der Waals surface area contributed by atoms with Crippen LogP contribution < -0.4 is 5.56 Å². The van der Waals surface area contributed by atoms with Gasteiger partial charge in [0.05, 0.1) is 11.3 Å². The molecule has 9 heteroatoms. The molecule has 0 aliphatic carbocycles. The van der Waals surface area contributed by atoms with E-state index >= 15 is 0 Å². The van der Waals surface area contributed by atoms with E-state index in [0.29, 0.717) is 40.6 Å². The lowest BCUT2D eigenvalue weighted by Gasteiger charge is -2.07. The number of benzene rings is 2. The average molecular weight is 503 g/mol. The van der Waals surface area contributed by atoms with Crippen LogP contribution in [-0.4, -0.2) is 29.4 Å². The second kappa shape index (κ2) is 8.52. The first-order valence-electron chi connectivity index (χ1n) is 11.3. The van der Waals surface area contributed by atoms with Crippen LogP contribution in [0.5, 0.6) is 0 Å². The lowest BCUT2D eigenvalue weighted by molar-refractivity contribution is 0.673. The molecule has 0 spiro atoms. The van der Waals surface area contributed by atoms with Crippen molar-refractivity contribution in [3.63, 3.8) is 0 Å². The van der Waals surface area contributed by atoms with Crippen molar-refractivity contribution in [1.29, 1.82) is 0 Å². The molecule has 0 fully saturated rings. The van der Waals surface area contributed by atoms with Crippen LogP contribution >= 0.6 is 23.2 Å². The lowest BCUT2D eigenvalue weighted by atomic mass is 10.0. The van der Waals surface area contributed by atoms with Gasteiger partial charge in [0.15, 0.2) is 11.2 Å². The molecule has 0 bridgehead atoms. The van der Waals surface area contributed by atoms with Crippen molar-refractivity contribution < 1.29 is 0 Å². The second-order valence-electron chi connectivity index (χ2n) is 8.42. The van der Waals surface area contributed by atoms with E-state index in [1.54, 1.807) is 15.3 Å². The highest BCUT2D eigenvalue weighted by atomic mass is 35.5. The number of hydrogen-bond donors (Lipinski definition) is 1. The lowest BCUT2D eigenvalue weighted by Crippen LogP contribution is -2.22. The van der Waals surface area contributed by atoms with Gasteiger partial charge in [0.2, 0.25) is 0 Å². The van der Waals surface area contributed by atoms with Gasteiger partial charge in [-0.25, -0.2) is 4.52 Å². The molecule has 6 aromatic rings. The first-order chi connectivity index (χ1) is 17.0. The molecular formula is C26H20Cl2N6O. The summed E-state index contributed by atoms with van der Waals surface area (Å²) in [4.78, 5) is 16.6. The molecule has 0 aliphatic heterocycles. The fourth-order valence-corrected chi connectivity index (χ4v) is 4.86. The Morgan fingerprint density at radius 1 is 1.00 bits per heavy atom. The Kier molecular flexibility index (Phi) is 5.31. The number of aryl methyl sites for hydroxylation is 3. The third kappa shape index (κ3) is 3.68. The zero-order valence-corrected chi connectivity index (χ0v) is 20.3. The summed E-state index contributed by atoms with van der Waals surface area (Å²) < 4.78 is 3.38. The first-order valence-corrected chi connectivity index (χ1v) is 12.1. The maximum Gasteiger partial charge on any atom is 0.280 e. The minimum absolute atomic E-state index is 0.198. The summed E-state index contributed by atoms with van der Waals surface area (Å²) in [5.74, 6) is 0. The summed E-state index contributed by atoms with van der Waals surface area (Å²) in [5.41, 5.74) is 6.20. The van der Waals surface area contributed by atoms with Gasteiger partial charge in [-0.05, 0) is 60.4 Å². The number of H-pyrrole nitrogens is 1. The second-order valence-corrected chi connectivity index (χ2v) is 9.29. The Morgan fingerprint density at radius 2 is 1.80 bits per heavy atom. The molecule has 0 unspecified atom stereocenters. The molecule has 0 radical (unpaired) electrons. The number of halogens is 2. The molecule has 35 heavy (non-hydrogen) atoms. The number of fused-ring (bicyclic) bond motifs is 4. The van der Waals surface area contributed by atoms with Gasteiger partial charge in [0.1, 0.15) is 5.52 Å². The van der Waals surface area contributed by atoms with Gasteiger partial charge in [0.25, 0.3) is 5.56 Å². The van der Waals surface area contributed by atoms with E-state index in [9.17, 15) is 4.79 Å². The number of pyridine rings is 1. The number of aromatic amines is 1. The third-order valence-electron chi connectivity index (χ3n) is 6.34. The van der Waals surface area contributed by atoms with E-state index in [1.165, 1.54) is 0 Å². The number of aromatic nitrogens is 6. The van der Waals surface area contributed by atoms with Crippen LogP contribution in [-0.2, 0) is 19.4 Å². The summed E-state index contributed by atoms with van der Waals surface area (Å²) >= 11 is 12.2. The fraction of sp³-hybridized carbons (Fsp3) is 0.154. The monoisotopic (exact) mass is 502 g/mol. The van der Waals surface area contributed by atoms with Crippen molar-refractivity contribution in [1.82, 2.24) is 29.4 Å². The van der Waals surface area contributed by atoms with E-state index in [1.807, 2.05) is 61.7 Å². The smallest absolute Gasteiger partial charge is 0.280 e. The largest absolute Gasteiger partial charge is 0.361 e. The van der Waals surface area contributed by atoms with Gasteiger partial charge in [-0.1, -0.05) is 42.3 Å². The number of hydrogen-bond acceptors (Lipinski definition) is 4. The molecule has 6 rings (SSSR count). The van der Waals surface area contributed by atoms with Crippen molar-refractivity contribution in [2.45, 2.75) is 26.3 Å². The Labute approximate surface area is 209 Å². The highest BCUT2D eigenvalue weighted by Gasteiger charge is 2.19. The van der Waals surface area contributed by atoms with Crippen molar-refractivity contribution in [3.05, 3.63) is 92.6 Å². The van der Waals surface area contributed by atoms with E-state index in [4.69, 9.17) is 28.3 Å².